The summed E-state index contributed by atoms with van der Waals surface area (Å²) in [4.78, 5) is 34.0. The number of amides is 4. The molecule has 2 heterocycles. The number of imide groups is 2. The molecular formula is C8H8N4O3. The van der Waals surface area contributed by atoms with Gasteiger partial charge in [-0.25, -0.2) is 4.79 Å². The summed E-state index contributed by atoms with van der Waals surface area (Å²) in [5, 5.41) is 5.80. The molecule has 1 fully saturated rings. The molecule has 0 radical (unpaired) electrons. The van der Waals surface area contributed by atoms with Gasteiger partial charge < -0.3 is 0 Å². The van der Waals surface area contributed by atoms with Crippen LogP contribution in [0.1, 0.15) is 5.56 Å². The van der Waals surface area contributed by atoms with Crippen LogP contribution in [0.5, 0.6) is 0 Å². The Morgan fingerprint density at radius 1 is 1.40 bits per heavy atom. The van der Waals surface area contributed by atoms with Crippen LogP contribution in [0.4, 0.5) is 4.79 Å². The lowest BCUT2D eigenvalue weighted by atomic mass is 10.3. The molecule has 15 heavy (non-hydrogen) atoms. The van der Waals surface area contributed by atoms with Crippen molar-refractivity contribution >= 4 is 17.8 Å². The number of carbonyl (C=O) groups excluding carboxylic acids is 3. The van der Waals surface area contributed by atoms with Crippen molar-refractivity contribution in [2.24, 2.45) is 7.05 Å². The molecule has 7 heteroatoms. The molecule has 0 aromatic carbocycles. The maximum Gasteiger partial charge on any atom is 0.331 e. The molecule has 1 N–H and O–H groups in total. The Balaban J connectivity index is 2.16. The zero-order chi connectivity index (χ0) is 11.0. The van der Waals surface area contributed by atoms with Crippen LogP contribution in [0, 0.1) is 0 Å². The highest BCUT2D eigenvalue weighted by Crippen LogP contribution is 2.07. The van der Waals surface area contributed by atoms with Crippen LogP contribution >= 0.6 is 0 Å². The summed E-state index contributed by atoms with van der Waals surface area (Å²) in [5.41, 5.74) is 0.690. The van der Waals surface area contributed by atoms with Gasteiger partial charge in [-0.2, -0.15) is 5.10 Å². The lowest BCUT2D eigenvalue weighted by Gasteiger charge is -2.08. The van der Waals surface area contributed by atoms with Gasteiger partial charge in [0, 0.05) is 18.8 Å². The van der Waals surface area contributed by atoms with Gasteiger partial charge in [0.05, 0.1) is 12.7 Å². The quantitative estimate of drug-likeness (QED) is 0.499. The summed E-state index contributed by atoms with van der Waals surface area (Å²) in [7, 11) is 1.72. The molecule has 1 aromatic heterocycles. The lowest BCUT2D eigenvalue weighted by Crippen LogP contribution is -2.30. The van der Waals surface area contributed by atoms with Gasteiger partial charge in [-0.15, -0.1) is 0 Å². The van der Waals surface area contributed by atoms with Crippen LogP contribution in [0.3, 0.4) is 0 Å². The number of rotatable bonds is 2. The molecule has 0 aliphatic carbocycles. The molecular weight excluding hydrogens is 200 g/mol. The van der Waals surface area contributed by atoms with Crippen LogP contribution in [-0.2, 0) is 23.2 Å². The second-order valence-corrected chi connectivity index (χ2v) is 3.17. The van der Waals surface area contributed by atoms with Gasteiger partial charge in [-0.1, -0.05) is 0 Å². The number of aromatic nitrogens is 2. The predicted molar refractivity (Wildman–Crippen MR) is 47.3 cm³/mol. The summed E-state index contributed by atoms with van der Waals surface area (Å²) in [6, 6.07) is -0.686. The second kappa shape index (κ2) is 3.19. The van der Waals surface area contributed by atoms with E-state index >= 15 is 0 Å². The van der Waals surface area contributed by atoms with Gasteiger partial charge in [0.25, 0.3) is 0 Å². The topological polar surface area (TPSA) is 84.3 Å². The van der Waals surface area contributed by atoms with E-state index in [9.17, 15) is 14.4 Å². The van der Waals surface area contributed by atoms with Gasteiger partial charge >= 0.3 is 17.8 Å². The maximum atomic E-state index is 11.2. The van der Waals surface area contributed by atoms with Crippen molar-refractivity contribution in [3.63, 3.8) is 0 Å². The number of urea groups is 1. The number of hydrogen-bond acceptors (Lipinski definition) is 4. The Hall–Kier alpha value is -2.18. The minimum absolute atomic E-state index is 0.0598. The van der Waals surface area contributed by atoms with Crippen LogP contribution in [-0.4, -0.2) is 32.5 Å². The number of carbonyl (C=O) groups is 3. The van der Waals surface area contributed by atoms with Crippen molar-refractivity contribution in [3.05, 3.63) is 18.0 Å². The Labute approximate surface area is 84.7 Å². The molecule has 1 saturated heterocycles. The molecule has 1 aliphatic heterocycles. The highest BCUT2D eigenvalue weighted by atomic mass is 16.2. The lowest BCUT2D eigenvalue weighted by molar-refractivity contribution is -0.140. The van der Waals surface area contributed by atoms with Gasteiger partial charge in [0.2, 0.25) is 0 Å². The molecule has 0 bridgehead atoms. The monoisotopic (exact) mass is 208 g/mol. The minimum atomic E-state index is -0.885. The summed E-state index contributed by atoms with van der Waals surface area (Å²) < 4.78 is 1.55. The van der Waals surface area contributed by atoms with Crippen molar-refractivity contribution in [2.75, 3.05) is 0 Å². The van der Waals surface area contributed by atoms with E-state index in [-0.39, 0.29) is 6.54 Å². The largest absolute Gasteiger partial charge is 0.331 e. The number of nitrogens with one attached hydrogen (secondary N) is 1. The summed E-state index contributed by atoms with van der Waals surface area (Å²) in [6.07, 6.45) is 3.20. The second-order valence-electron chi connectivity index (χ2n) is 3.17. The molecule has 4 amide bonds. The van der Waals surface area contributed by atoms with Crippen molar-refractivity contribution in [2.45, 2.75) is 6.54 Å². The summed E-state index contributed by atoms with van der Waals surface area (Å²) >= 11 is 0. The van der Waals surface area contributed by atoms with E-state index in [1.807, 2.05) is 5.32 Å². The Bertz CT molecular complexity index is 450. The van der Waals surface area contributed by atoms with Crippen molar-refractivity contribution in [3.8, 4) is 0 Å². The van der Waals surface area contributed by atoms with Gasteiger partial charge in [-0.3, -0.25) is 24.5 Å². The standard InChI is InChI=1S/C8H8N4O3/c1-11-3-5(2-9-11)4-12-7(14)6(13)10-8(12)15/h2-3H,4H2,1H3,(H,10,13,15). The smallest absolute Gasteiger partial charge is 0.275 e. The van der Waals surface area contributed by atoms with Crippen molar-refractivity contribution in [1.82, 2.24) is 20.0 Å². The fraction of sp³-hybridized carbons (Fsp3) is 0.250. The van der Waals surface area contributed by atoms with Crippen LogP contribution in [0.2, 0.25) is 0 Å². The van der Waals surface area contributed by atoms with E-state index in [0.29, 0.717) is 5.56 Å². The third kappa shape index (κ3) is 1.58. The fourth-order valence-electron chi connectivity index (χ4n) is 1.31. The molecule has 2 rings (SSSR count). The number of hydrogen-bond donors (Lipinski definition) is 1. The molecule has 0 unspecified atom stereocenters. The molecule has 78 valence electrons. The molecule has 1 aromatic rings. The third-order valence-corrected chi connectivity index (χ3v) is 2.00. The molecule has 1 aliphatic rings. The van der Waals surface area contributed by atoms with Crippen molar-refractivity contribution in [1.29, 1.82) is 0 Å². The zero-order valence-corrected chi connectivity index (χ0v) is 7.93. The van der Waals surface area contributed by atoms with E-state index in [1.165, 1.54) is 6.20 Å². The van der Waals surface area contributed by atoms with E-state index in [2.05, 4.69) is 5.10 Å². The first-order valence-corrected chi connectivity index (χ1v) is 4.22. The first kappa shape index (κ1) is 9.38. The third-order valence-electron chi connectivity index (χ3n) is 2.00. The van der Waals surface area contributed by atoms with Crippen molar-refractivity contribution < 1.29 is 14.4 Å². The first-order valence-electron chi connectivity index (χ1n) is 4.22. The molecule has 0 atom stereocenters. The van der Waals surface area contributed by atoms with Crippen LogP contribution in [0.25, 0.3) is 0 Å². The van der Waals surface area contributed by atoms with Gasteiger partial charge in [0.1, 0.15) is 0 Å². The average molecular weight is 208 g/mol. The Morgan fingerprint density at radius 3 is 2.60 bits per heavy atom. The SMILES string of the molecule is Cn1cc(CN2C(=O)NC(=O)C2=O)cn1. The zero-order valence-electron chi connectivity index (χ0n) is 7.93. The molecule has 7 nitrogen and oxygen atoms in total. The highest BCUT2D eigenvalue weighted by Gasteiger charge is 2.36. The summed E-state index contributed by atoms with van der Waals surface area (Å²) in [5.74, 6) is -1.72. The Morgan fingerprint density at radius 2 is 2.13 bits per heavy atom. The predicted octanol–water partition coefficient (Wildman–Crippen LogP) is -1.00. The van der Waals surface area contributed by atoms with Crippen LogP contribution < -0.4 is 5.32 Å². The normalized spacial score (nSPS) is 16.1. The fourth-order valence-corrected chi connectivity index (χ4v) is 1.31. The molecule has 0 spiro atoms. The van der Waals surface area contributed by atoms with Crippen LogP contribution in [0.15, 0.2) is 12.4 Å². The van der Waals surface area contributed by atoms with Gasteiger partial charge in [0.15, 0.2) is 0 Å². The minimum Gasteiger partial charge on any atom is -0.275 e. The van der Waals surface area contributed by atoms with E-state index in [1.54, 1.807) is 17.9 Å². The average Bonchev–Trinajstić information content (AvgIpc) is 2.67. The van der Waals surface area contributed by atoms with E-state index in [0.717, 1.165) is 4.90 Å². The van der Waals surface area contributed by atoms with Gasteiger partial charge in [-0.05, 0) is 0 Å². The maximum absolute atomic E-state index is 11.2. The summed E-state index contributed by atoms with van der Waals surface area (Å²) in [6.45, 7) is 0.0598. The number of aryl methyl sites for hydroxylation is 1. The van der Waals surface area contributed by atoms with E-state index < -0.39 is 17.8 Å². The highest BCUT2D eigenvalue weighted by molar-refractivity contribution is 6.44. The molecule has 0 saturated carbocycles. The van der Waals surface area contributed by atoms with E-state index in [4.69, 9.17) is 0 Å². The number of nitrogens with zero attached hydrogens (tertiary/aromatic N) is 3. The first-order chi connectivity index (χ1) is 7.08. The Kier molecular flexibility index (Phi) is 2.00.